The van der Waals surface area contributed by atoms with E-state index in [2.05, 4.69) is 66.7 Å². The Morgan fingerprint density at radius 2 is 1.64 bits per heavy atom. The van der Waals surface area contributed by atoms with Gasteiger partial charge in [0, 0.05) is 6.61 Å². The van der Waals surface area contributed by atoms with Gasteiger partial charge in [-0.25, -0.2) is 0 Å². The molecule has 2 aliphatic rings. The van der Waals surface area contributed by atoms with Gasteiger partial charge in [0.05, 0.1) is 5.41 Å². The third-order valence-electron chi connectivity index (χ3n) is 6.41. The molecule has 4 rings (SSSR count). The molecule has 146 valence electrons. The van der Waals surface area contributed by atoms with E-state index in [-0.39, 0.29) is 18.7 Å². The molecule has 2 aromatic rings. The van der Waals surface area contributed by atoms with Crippen LogP contribution in [0.1, 0.15) is 24.5 Å². The number of ether oxygens (including phenoxy) is 2. The van der Waals surface area contributed by atoms with Crippen LogP contribution in [0.4, 0.5) is 0 Å². The van der Waals surface area contributed by atoms with Crippen LogP contribution in [0.3, 0.4) is 0 Å². The Morgan fingerprint density at radius 3 is 2.29 bits per heavy atom. The maximum Gasteiger partial charge on any atom is 0.318 e. The van der Waals surface area contributed by atoms with E-state index in [9.17, 15) is 4.79 Å². The van der Waals surface area contributed by atoms with Crippen LogP contribution >= 0.6 is 0 Å². The van der Waals surface area contributed by atoms with Crippen LogP contribution in [0.5, 0.6) is 0 Å². The van der Waals surface area contributed by atoms with E-state index in [0.29, 0.717) is 18.4 Å². The van der Waals surface area contributed by atoms with Gasteiger partial charge in [-0.1, -0.05) is 72.8 Å². The Kier molecular flexibility index (Phi) is 5.63. The molecule has 28 heavy (non-hydrogen) atoms. The van der Waals surface area contributed by atoms with E-state index in [4.69, 9.17) is 9.47 Å². The Bertz CT molecular complexity index is 814. The molecule has 1 fully saturated rings. The van der Waals surface area contributed by atoms with Gasteiger partial charge in [-0.2, -0.15) is 0 Å². The zero-order chi connectivity index (χ0) is 19.4. The quantitative estimate of drug-likeness (QED) is 0.287. The Labute approximate surface area is 167 Å². The first-order valence-electron chi connectivity index (χ1n) is 10.2. The average Bonchev–Trinajstić information content (AvgIpc) is 3.29. The monoisotopic (exact) mass is 376 g/mol. The first-order valence-corrected chi connectivity index (χ1v) is 10.2. The lowest BCUT2D eigenvalue weighted by molar-refractivity contribution is -0.167. The van der Waals surface area contributed by atoms with Gasteiger partial charge >= 0.3 is 5.97 Å². The van der Waals surface area contributed by atoms with Crippen LogP contribution in [0, 0.1) is 23.2 Å². The SMILES string of the molecule is CCOCOC(=O)C12C=CC(C1)C(Cc1ccccc1)C2Cc1ccccc1. The molecular weight excluding hydrogens is 348 g/mol. The van der Waals surface area contributed by atoms with E-state index in [1.54, 1.807) is 0 Å². The number of carbonyl (C=O) groups excluding carboxylic acids is 1. The molecule has 0 radical (unpaired) electrons. The molecule has 2 bridgehead atoms. The fraction of sp³-hybridized carbons (Fsp3) is 0.400. The normalized spacial score (nSPS) is 27.8. The van der Waals surface area contributed by atoms with Crippen LogP contribution in [-0.2, 0) is 27.1 Å². The highest BCUT2D eigenvalue weighted by Gasteiger charge is 2.59. The van der Waals surface area contributed by atoms with Crippen LogP contribution in [0.2, 0.25) is 0 Å². The van der Waals surface area contributed by atoms with Crippen molar-refractivity contribution in [2.24, 2.45) is 23.2 Å². The number of allylic oxidation sites excluding steroid dienone is 1. The molecule has 3 heteroatoms. The lowest BCUT2D eigenvalue weighted by Crippen LogP contribution is -2.39. The molecule has 3 nitrogen and oxygen atoms in total. The van der Waals surface area contributed by atoms with Crippen molar-refractivity contribution in [3.8, 4) is 0 Å². The molecular formula is C25H28O3. The number of fused-ring (bicyclic) bond motifs is 2. The van der Waals surface area contributed by atoms with Gasteiger partial charge in [0.2, 0.25) is 0 Å². The van der Waals surface area contributed by atoms with Crippen molar-refractivity contribution in [2.45, 2.75) is 26.2 Å². The van der Waals surface area contributed by atoms with Crippen molar-refractivity contribution in [1.29, 1.82) is 0 Å². The van der Waals surface area contributed by atoms with Gasteiger partial charge in [0.25, 0.3) is 0 Å². The zero-order valence-corrected chi connectivity index (χ0v) is 16.4. The molecule has 2 aromatic carbocycles. The standard InChI is InChI=1S/C25H28O3/c1-2-27-18-28-24(26)25-14-13-21(17-25)22(15-19-9-5-3-6-10-19)23(25)16-20-11-7-4-8-12-20/h3-14,21-23H,2,15-18H2,1H3. The molecule has 1 saturated carbocycles. The summed E-state index contributed by atoms with van der Waals surface area (Å²) in [6.45, 7) is 2.49. The predicted molar refractivity (Wildman–Crippen MR) is 110 cm³/mol. The van der Waals surface area contributed by atoms with E-state index in [1.807, 2.05) is 13.0 Å². The number of hydrogen-bond acceptors (Lipinski definition) is 3. The van der Waals surface area contributed by atoms with Crippen LogP contribution < -0.4 is 0 Å². The lowest BCUT2D eigenvalue weighted by atomic mass is 9.69. The molecule has 2 aliphatic carbocycles. The van der Waals surface area contributed by atoms with Crippen molar-refractivity contribution in [1.82, 2.24) is 0 Å². The highest BCUT2D eigenvalue weighted by Crippen LogP contribution is 2.59. The molecule has 4 unspecified atom stereocenters. The summed E-state index contributed by atoms with van der Waals surface area (Å²) in [5.74, 6) is 0.969. The number of carbonyl (C=O) groups is 1. The van der Waals surface area contributed by atoms with Gasteiger partial charge in [0.1, 0.15) is 0 Å². The third-order valence-corrected chi connectivity index (χ3v) is 6.41. The number of rotatable bonds is 8. The predicted octanol–water partition coefficient (Wildman–Crippen LogP) is 4.82. The largest absolute Gasteiger partial charge is 0.438 e. The summed E-state index contributed by atoms with van der Waals surface area (Å²) in [4.78, 5) is 13.1. The summed E-state index contributed by atoms with van der Waals surface area (Å²) in [5.41, 5.74) is 2.09. The van der Waals surface area contributed by atoms with Crippen molar-refractivity contribution in [3.05, 3.63) is 83.9 Å². The first-order chi connectivity index (χ1) is 13.7. The number of esters is 1. The maximum absolute atomic E-state index is 13.1. The second-order valence-electron chi connectivity index (χ2n) is 7.96. The Morgan fingerprint density at radius 1 is 1.00 bits per heavy atom. The smallest absolute Gasteiger partial charge is 0.318 e. The van der Waals surface area contributed by atoms with Crippen LogP contribution in [-0.4, -0.2) is 19.4 Å². The summed E-state index contributed by atoms with van der Waals surface area (Å²) in [6, 6.07) is 21.1. The van der Waals surface area contributed by atoms with Gasteiger partial charge in [-0.05, 0) is 55.1 Å². The van der Waals surface area contributed by atoms with E-state index < -0.39 is 5.41 Å². The zero-order valence-electron chi connectivity index (χ0n) is 16.4. The summed E-state index contributed by atoms with van der Waals surface area (Å²) in [6.07, 6.45) is 7.11. The molecule has 0 N–H and O–H groups in total. The molecule has 0 heterocycles. The van der Waals surface area contributed by atoms with Crippen molar-refractivity contribution < 1.29 is 14.3 Å². The fourth-order valence-corrected chi connectivity index (χ4v) is 5.07. The molecule has 4 atom stereocenters. The highest BCUT2D eigenvalue weighted by molar-refractivity contribution is 5.81. The third kappa shape index (κ3) is 3.64. The summed E-state index contributed by atoms with van der Waals surface area (Å²) in [5, 5.41) is 0. The lowest BCUT2D eigenvalue weighted by Gasteiger charge is -2.35. The summed E-state index contributed by atoms with van der Waals surface area (Å²) < 4.78 is 10.8. The second-order valence-corrected chi connectivity index (χ2v) is 7.96. The van der Waals surface area contributed by atoms with Crippen LogP contribution in [0.15, 0.2) is 72.8 Å². The van der Waals surface area contributed by atoms with Crippen LogP contribution in [0.25, 0.3) is 0 Å². The first kappa shape index (κ1) is 18.9. The topological polar surface area (TPSA) is 35.5 Å². The molecule has 0 aliphatic heterocycles. The average molecular weight is 376 g/mol. The van der Waals surface area contributed by atoms with E-state index >= 15 is 0 Å². The molecule has 0 aromatic heterocycles. The summed E-state index contributed by atoms with van der Waals surface area (Å²) in [7, 11) is 0. The Hall–Kier alpha value is -2.39. The van der Waals surface area contributed by atoms with Gasteiger partial charge < -0.3 is 9.47 Å². The minimum Gasteiger partial charge on any atom is -0.438 e. The summed E-state index contributed by atoms with van der Waals surface area (Å²) >= 11 is 0. The van der Waals surface area contributed by atoms with Crippen molar-refractivity contribution in [3.63, 3.8) is 0 Å². The van der Waals surface area contributed by atoms with Gasteiger partial charge in [0.15, 0.2) is 6.79 Å². The minimum atomic E-state index is -0.531. The van der Waals surface area contributed by atoms with Crippen molar-refractivity contribution >= 4 is 5.97 Å². The number of hydrogen-bond donors (Lipinski definition) is 0. The van der Waals surface area contributed by atoms with E-state index in [1.165, 1.54) is 11.1 Å². The molecule has 0 amide bonds. The fourth-order valence-electron chi connectivity index (χ4n) is 5.07. The highest BCUT2D eigenvalue weighted by atomic mass is 16.7. The van der Waals surface area contributed by atoms with E-state index in [0.717, 1.165) is 19.3 Å². The Balaban J connectivity index is 1.61. The molecule has 0 spiro atoms. The van der Waals surface area contributed by atoms with Crippen molar-refractivity contribution in [2.75, 3.05) is 13.4 Å². The van der Waals surface area contributed by atoms with Gasteiger partial charge in [-0.15, -0.1) is 0 Å². The minimum absolute atomic E-state index is 0.0387. The molecule has 0 saturated heterocycles. The maximum atomic E-state index is 13.1. The van der Waals surface area contributed by atoms with Gasteiger partial charge in [-0.3, -0.25) is 4.79 Å². The number of benzene rings is 2. The second kappa shape index (κ2) is 8.32.